The summed E-state index contributed by atoms with van der Waals surface area (Å²) in [6, 6.07) is 13.5. The van der Waals surface area contributed by atoms with Crippen LogP contribution in [0.4, 0.5) is 5.69 Å². The second-order valence-electron chi connectivity index (χ2n) is 3.54. The van der Waals surface area contributed by atoms with E-state index >= 15 is 0 Å². The van der Waals surface area contributed by atoms with Gasteiger partial charge in [-0.1, -0.05) is 12.1 Å². The van der Waals surface area contributed by atoms with E-state index in [0.29, 0.717) is 12.1 Å². The third-order valence-electron chi connectivity index (χ3n) is 2.28. The number of benzene rings is 1. The van der Waals surface area contributed by atoms with E-state index < -0.39 is 0 Å². The molecule has 1 N–H and O–H groups in total. The zero-order valence-electron chi connectivity index (χ0n) is 9.02. The van der Waals surface area contributed by atoms with E-state index in [1.54, 1.807) is 12.3 Å². The van der Waals surface area contributed by atoms with Gasteiger partial charge in [0.2, 0.25) is 0 Å². The third kappa shape index (κ3) is 3.30. The zero-order chi connectivity index (χ0) is 12.1. The van der Waals surface area contributed by atoms with Crippen molar-refractivity contribution in [3.8, 4) is 6.07 Å². The first-order chi connectivity index (χ1) is 8.28. The van der Waals surface area contributed by atoms with Crippen molar-refractivity contribution in [3.63, 3.8) is 0 Å². The molecule has 84 valence electrons. The first-order valence-corrected chi connectivity index (χ1v) is 5.92. The number of hydrogen-bond donors (Lipinski definition) is 1. The first-order valence-electron chi connectivity index (χ1n) is 5.12. The minimum Gasteiger partial charge on any atom is -0.380 e. The van der Waals surface area contributed by atoms with Crippen molar-refractivity contribution in [2.45, 2.75) is 6.54 Å². The molecule has 0 fully saturated rings. The van der Waals surface area contributed by atoms with Crippen LogP contribution in [0, 0.1) is 11.3 Å². The molecule has 17 heavy (non-hydrogen) atoms. The molecule has 4 heteroatoms. The molecule has 0 atom stereocenters. The van der Waals surface area contributed by atoms with Crippen LogP contribution in [-0.4, -0.2) is 4.98 Å². The van der Waals surface area contributed by atoms with Crippen molar-refractivity contribution >= 4 is 21.6 Å². The third-order valence-corrected chi connectivity index (χ3v) is 2.75. The molecule has 0 aliphatic rings. The summed E-state index contributed by atoms with van der Waals surface area (Å²) in [5.41, 5.74) is 2.71. The van der Waals surface area contributed by atoms with Crippen molar-refractivity contribution in [1.29, 1.82) is 5.26 Å². The fourth-order valence-corrected chi connectivity index (χ4v) is 1.67. The van der Waals surface area contributed by atoms with Crippen molar-refractivity contribution in [1.82, 2.24) is 4.98 Å². The minimum absolute atomic E-state index is 0.679. The summed E-state index contributed by atoms with van der Waals surface area (Å²) in [4.78, 5) is 4.13. The van der Waals surface area contributed by atoms with Gasteiger partial charge in [-0.2, -0.15) is 5.26 Å². The highest BCUT2D eigenvalue weighted by Gasteiger charge is 1.96. The number of rotatable bonds is 3. The van der Waals surface area contributed by atoms with E-state index in [1.807, 2.05) is 30.3 Å². The highest BCUT2D eigenvalue weighted by molar-refractivity contribution is 9.10. The van der Waals surface area contributed by atoms with Crippen molar-refractivity contribution in [3.05, 3.63) is 58.3 Å². The zero-order valence-corrected chi connectivity index (χ0v) is 10.6. The standard InChI is InChI=1S/C13H10BrN3/c14-13-5-4-12(9-17-13)16-8-11-3-1-2-10(6-11)7-15/h1-6,9,16H,8H2. The van der Waals surface area contributed by atoms with Gasteiger partial charge in [-0.3, -0.25) is 0 Å². The van der Waals surface area contributed by atoms with Crippen LogP contribution >= 0.6 is 15.9 Å². The fourth-order valence-electron chi connectivity index (χ4n) is 1.44. The Kier molecular flexibility index (Phi) is 3.73. The van der Waals surface area contributed by atoms with Crippen LogP contribution in [0.5, 0.6) is 0 Å². The monoisotopic (exact) mass is 287 g/mol. The minimum atomic E-state index is 0.679. The largest absolute Gasteiger partial charge is 0.380 e. The number of nitrogens with one attached hydrogen (secondary N) is 1. The Morgan fingerprint density at radius 3 is 2.88 bits per heavy atom. The Morgan fingerprint density at radius 2 is 2.18 bits per heavy atom. The summed E-state index contributed by atoms with van der Waals surface area (Å²) < 4.78 is 0.814. The summed E-state index contributed by atoms with van der Waals surface area (Å²) in [5, 5.41) is 12.0. The first kappa shape index (κ1) is 11.6. The van der Waals surface area contributed by atoms with E-state index in [9.17, 15) is 0 Å². The van der Waals surface area contributed by atoms with Crippen LogP contribution < -0.4 is 5.32 Å². The Hall–Kier alpha value is -1.86. The number of aromatic nitrogens is 1. The van der Waals surface area contributed by atoms with Crippen LogP contribution in [0.3, 0.4) is 0 Å². The normalized spacial score (nSPS) is 9.65. The van der Waals surface area contributed by atoms with Gasteiger partial charge in [0.25, 0.3) is 0 Å². The number of hydrogen-bond acceptors (Lipinski definition) is 3. The highest BCUT2D eigenvalue weighted by atomic mass is 79.9. The predicted octanol–water partition coefficient (Wildman–Crippen LogP) is 3.33. The molecule has 1 aromatic heterocycles. The van der Waals surface area contributed by atoms with E-state index in [4.69, 9.17) is 5.26 Å². The van der Waals surface area contributed by atoms with Gasteiger partial charge >= 0.3 is 0 Å². The van der Waals surface area contributed by atoms with E-state index in [2.05, 4.69) is 32.3 Å². The summed E-state index contributed by atoms with van der Waals surface area (Å²) in [5.74, 6) is 0. The van der Waals surface area contributed by atoms with Gasteiger partial charge < -0.3 is 5.32 Å². The molecule has 1 aromatic carbocycles. The van der Waals surface area contributed by atoms with E-state index in [1.165, 1.54) is 0 Å². The Labute approximate surface area is 108 Å². The quantitative estimate of drug-likeness (QED) is 0.881. The molecule has 0 spiro atoms. The predicted molar refractivity (Wildman–Crippen MR) is 70.4 cm³/mol. The number of halogens is 1. The molecule has 0 aliphatic carbocycles. The molecule has 0 radical (unpaired) electrons. The summed E-state index contributed by atoms with van der Waals surface area (Å²) in [7, 11) is 0. The number of nitriles is 1. The Morgan fingerprint density at radius 1 is 1.29 bits per heavy atom. The van der Waals surface area contributed by atoms with Crippen molar-refractivity contribution in [2.75, 3.05) is 5.32 Å². The van der Waals surface area contributed by atoms with E-state index in [-0.39, 0.29) is 0 Å². The van der Waals surface area contributed by atoms with Crippen molar-refractivity contribution in [2.24, 2.45) is 0 Å². The van der Waals surface area contributed by atoms with Crippen LogP contribution in [0.15, 0.2) is 47.2 Å². The molecule has 0 amide bonds. The van der Waals surface area contributed by atoms with Gasteiger partial charge in [0.05, 0.1) is 23.5 Å². The van der Waals surface area contributed by atoms with E-state index in [0.717, 1.165) is 15.9 Å². The average molecular weight is 288 g/mol. The topological polar surface area (TPSA) is 48.7 Å². The lowest BCUT2D eigenvalue weighted by atomic mass is 10.1. The van der Waals surface area contributed by atoms with Gasteiger partial charge in [0, 0.05) is 6.54 Å². The molecular formula is C13H10BrN3. The maximum absolute atomic E-state index is 8.79. The molecule has 0 saturated carbocycles. The smallest absolute Gasteiger partial charge is 0.106 e. The van der Waals surface area contributed by atoms with Gasteiger partial charge in [-0.15, -0.1) is 0 Å². The molecule has 0 aliphatic heterocycles. The van der Waals surface area contributed by atoms with Gasteiger partial charge in [-0.25, -0.2) is 4.98 Å². The summed E-state index contributed by atoms with van der Waals surface area (Å²) >= 11 is 3.29. The lowest BCUT2D eigenvalue weighted by Crippen LogP contribution is -1.99. The highest BCUT2D eigenvalue weighted by Crippen LogP contribution is 2.12. The second kappa shape index (κ2) is 5.46. The molecule has 0 saturated heterocycles. The van der Waals surface area contributed by atoms with Crippen LogP contribution in [-0.2, 0) is 6.54 Å². The summed E-state index contributed by atoms with van der Waals surface area (Å²) in [6.45, 7) is 0.679. The van der Waals surface area contributed by atoms with Gasteiger partial charge in [-0.05, 0) is 45.8 Å². The SMILES string of the molecule is N#Cc1cccc(CNc2ccc(Br)nc2)c1. The Balaban J connectivity index is 2.02. The fraction of sp³-hybridized carbons (Fsp3) is 0.0769. The second-order valence-corrected chi connectivity index (χ2v) is 4.35. The molecular weight excluding hydrogens is 278 g/mol. The number of anilines is 1. The number of nitrogens with zero attached hydrogens (tertiary/aromatic N) is 2. The van der Waals surface area contributed by atoms with Crippen LogP contribution in [0.1, 0.15) is 11.1 Å². The van der Waals surface area contributed by atoms with Crippen LogP contribution in [0.25, 0.3) is 0 Å². The summed E-state index contributed by atoms with van der Waals surface area (Å²) in [6.07, 6.45) is 1.76. The molecule has 1 heterocycles. The Bertz CT molecular complexity index is 543. The molecule has 0 unspecified atom stereocenters. The maximum atomic E-state index is 8.79. The molecule has 3 nitrogen and oxygen atoms in total. The molecule has 2 rings (SSSR count). The molecule has 2 aromatic rings. The lowest BCUT2D eigenvalue weighted by Gasteiger charge is -2.06. The van der Waals surface area contributed by atoms with Crippen molar-refractivity contribution < 1.29 is 0 Å². The van der Waals surface area contributed by atoms with Gasteiger partial charge in [0.1, 0.15) is 4.60 Å². The average Bonchev–Trinajstić information content (AvgIpc) is 2.38. The lowest BCUT2D eigenvalue weighted by molar-refractivity contribution is 1.13. The number of pyridine rings is 1. The molecule has 0 bridgehead atoms. The maximum Gasteiger partial charge on any atom is 0.106 e. The van der Waals surface area contributed by atoms with Crippen LogP contribution in [0.2, 0.25) is 0 Å². The van der Waals surface area contributed by atoms with Gasteiger partial charge in [0.15, 0.2) is 0 Å².